The van der Waals surface area contributed by atoms with E-state index >= 15 is 0 Å². The number of aromatic nitrogens is 1. The lowest BCUT2D eigenvalue weighted by Crippen LogP contribution is -2.24. The highest BCUT2D eigenvalue weighted by molar-refractivity contribution is 9.11. The average molecular weight is 440 g/mol. The molecule has 0 radical (unpaired) electrons. The van der Waals surface area contributed by atoms with Gasteiger partial charge in [0.05, 0.1) is 16.0 Å². The summed E-state index contributed by atoms with van der Waals surface area (Å²) in [6.45, 7) is -0.0990. The predicted molar refractivity (Wildman–Crippen MR) is 86.9 cm³/mol. The van der Waals surface area contributed by atoms with Crippen LogP contribution in [0.4, 0.5) is 0 Å². The molecule has 2 rings (SSSR count). The minimum atomic E-state index is -0.286. The Labute approximate surface area is 141 Å². The van der Waals surface area contributed by atoms with Crippen molar-refractivity contribution in [3.8, 4) is 0 Å². The first-order valence-corrected chi connectivity index (χ1v) is 7.76. The number of hydrogen-bond donors (Lipinski definition) is 0. The van der Waals surface area contributed by atoms with Crippen molar-refractivity contribution in [1.82, 2.24) is 4.57 Å². The van der Waals surface area contributed by atoms with Crippen LogP contribution in [0.25, 0.3) is 0 Å². The molecule has 0 bridgehead atoms. The van der Waals surface area contributed by atoms with Crippen LogP contribution < -0.4 is 5.56 Å². The molecule has 1 aromatic carbocycles. The second-order valence-corrected chi connectivity index (χ2v) is 6.60. The van der Waals surface area contributed by atoms with Crippen LogP contribution in [0, 0.1) is 0 Å². The fourth-order valence-corrected chi connectivity index (χ4v) is 3.41. The zero-order valence-corrected chi connectivity index (χ0v) is 14.6. The van der Waals surface area contributed by atoms with Crippen LogP contribution in [-0.2, 0) is 6.54 Å². The molecule has 0 N–H and O–H groups in total. The second-order valence-electron chi connectivity index (χ2n) is 3.99. The summed E-state index contributed by atoms with van der Waals surface area (Å²) in [7, 11) is 0. The Morgan fingerprint density at radius 1 is 1.20 bits per heavy atom. The van der Waals surface area contributed by atoms with Crippen LogP contribution in [0.3, 0.4) is 0 Å². The predicted octanol–water partition coefficient (Wildman–Crippen LogP) is 4.56. The number of halogens is 4. The number of hydrogen-bond acceptors (Lipinski definition) is 2. The van der Waals surface area contributed by atoms with E-state index < -0.39 is 0 Å². The molecule has 2 aromatic rings. The molecule has 1 heterocycles. The molecule has 7 heteroatoms. The number of carbonyl (C=O) groups excluding carboxylic acids is 1. The highest BCUT2D eigenvalue weighted by Crippen LogP contribution is 2.22. The number of nitrogens with zero attached hydrogens (tertiary/aromatic N) is 1. The maximum Gasteiger partial charge on any atom is 0.265 e. The topological polar surface area (TPSA) is 39.1 Å². The van der Waals surface area contributed by atoms with Gasteiger partial charge in [-0.2, -0.15) is 0 Å². The molecule has 3 nitrogen and oxygen atoms in total. The summed E-state index contributed by atoms with van der Waals surface area (Å²) in [4.78, 5) is 24.1. The molecule has 0 unspecified atom stereocenters. The quantitative estimate of drug-likeness (QED) is 0.657. The molecule has 20 heavy (non-hydrogen) atoms. The highest BCUT2D eigenvalue weighted by Gasteiger charge is 2.13. The Morgan fingerprint density at radius 3 is 2.55 bits per heavy atom. The maximum absolute atomic E-state index is 12.2. The van der Waals surface area contributed by atoms with E-state index in [1.165, 1.54) is 10.6 Å². The summed E-state index contributed by atoms with van der Waals surface area (Å²) in [5.41, 5.74) is 0.0469. The zero-order chi connectivity index (χ0) is 14.9. The maximum atomic E-state index is 12.2. The van der Waals surface area contributed by atoms with Gasteiger partial charge in [-0.05, 0) is 56.1 Å². The zero-order valence-electron chi connectivity index (χ0n) is 9.87. The third-order valence-corrected chi connectivity index (χ3v) is 4.10. The Morgan fingerprint density at radius 2 is 1.90 bits per heavy atom. The summed E-state index contributed by atoms with van der Waals surface area (Å²) in [6.07, 6.45) is 1.55. The van der Waals surface area contributed by atoms with Gasteiger partial charge in [-0.1, -0.05) is 23.2 Å². The monoisotopic (exact) mass is 437 g/mol. The van der Waals surface area contributed by atoms with Gasteiger partial charge in [-0.25, -0.2) is 0 Å². The van der Waals surface area contributed by atoms with Crippen molar-refractivity contribution in [2.24, 2.45) is 0 Å². The number of carbonyl (C=O) groups is 1. The summed E-state index contributed by atoms with van der Waals surface area (Å²) >= 11 is 18.2. The molecule has 104 valence electrons. The molecule has 0 fully saturated rings. The van der Waals surface area contributed by atoms with Gasteiger partial charge in [0, 0.05) is 21.3 Å². The Kier molecular flexibility index (Phi) is 5.07. The van der Waals surface area contributed by atoms with Crippen molar-refractivity contribution in [3.63, 3.8) is 0 Å². The fraction of sp³-hybridized carbons (Fsp3) is 0.0769. The lowest BCUT2D eigenvalue weighted by molar-refractivity contribution is 0.0971. The van der Waals surface area contributed by atoms with E-state index in [1.54, 1.807) is 24.4 Å². The van der Waals surface area contributed by atoms with E-state index in [2.05, 4.69) is 31.9 Å². The summed E-state index contributed by atoms with van der Waals surface area (Å²) in [5.74, 6) is -0.265. The van der Waals surface area contributed by atoms with Gasteiger partial charge in [0.2, 0.25) is 0 Å². The summed E-state index contributed by atoms with van der Waals surface area (Å²) in [5, 5.41) is 0.721. The van der Waals surface area contributed by atoms with Gasteiger partial charge in [0.1, 0.15) is 0 Å². The molecule has 0 aliphatic rings. The molecule has 1 aromatic heterocycles. The van der Waals surface area contributed by atoms with Crippen LogP contribution in [0.2, 0.25) is 10.0 Å². The standard InChI is InChI=1S/C13H7Br2Cl2NO2/c14-7-3-10(15)13(20)18(5-7)6-12(19)9-2-1-8(16)4-11(9)17/h1-5H,6H2. The molecule has 0 aliphatic heterocycles. The highest BCUT2D eigenvalue weighted by atomic mass is 79.9. The Balaban J connectivity index is 2.35. The molecule has 0 amide bonds. The molecule has 0 saturated carbocycles. The molecule has 0 atom stereocenters. The van der Waals surface area contributed by atoms with Crippen molar-refractivity contribution in [3.05, 3.63) is 65.4 Å². The minimum absolute atomic E-state index is 0.0990. The van der Waals surface area contributed by atoms with E-state index in [0.29, 0.717) is 19.5 Å². The second kappa shape index (κ2) is 6.43. The van der Waals surface area contributed by atoms with Gasteiger partial charge in [-0.15, -0.1) is 0 Å². The number of Topliss-reactive ketones (excluding diaryl/α,β-unsaturated/α-hetero) is 1. The lowest BCUT2D eigenvalue weighted by Gasteiger charge is -2.08. The van der Waals surface area contributed by atoms with Crippen molar-refractivity contribution in [2.75, 3.05) is 0 Å². The van der Waals surface area contributed by atoms with Crippen molar-refractivity contribution < 1.29 is 4.79 Å². The van der Waals surface area contributed by atoms with Crippen molar-refractivity contribution >= 4 is 60.8 Å². The van der Waals surface area contributed by atoms with Crippen molar-refractivity contribution in [2.45, 2.75) is 6.54 Å². The largest absolute Gasteiger partial charge is 0.306 e. The number of pyridine rings is 1. The van der Waals surface area contributed by atoms with Gasteiger partial charge < -0.3 is 4.57 Å². The minimum Gasteiger partial charge on any atom is -0.306 e. The smallest absolute Gasteiger partial charge is 0.265 e. The van der Waals surface area contributed by atoms with Crippen LogP contribution in [0.5, 0.6) is 0 Å². The lowest BCUT2D eigenvalue weighted by atomic mass is 10.1. The molecular formula is C13H7Br2Cl2NO2. The van der Waals surface area contributed by atoms with Crippen LogP contribution in [0.1, 0.15) is 10.4 Å². The summed E-state index contributed by atoms with van der Waals surface area (Å²) in [6, 6.07) is 6.25. The van der Waals surface area contributed by atoms with Crippen LogP contribution >= 0.6 is 55.1 Å². The van der Waals surface area contributed by atoms with Gasteiger partial charge in [-0.3, -0.25) is 9.59 Å². The third-order valence-electron chi connectivity index (χ3n) is 2.55. The summed E-state index contributed by atoms with van der Waals surface area (Å²) < 4.78 is 2.38. The van der Waals surface area contributed by atoms with Gasteiger partial charge >= 0.3 is 0 Å². The van der Waals surface area contributed by atoms with Crippen LogP contribution in [0.15, 0.2) is 44.2 Å². The SMILES string of the molecule is O=C(Cn1cc(Br)cc(Br)c1=O)c1ccc(Cl)cc1Cl. The van der Waals surface area contributed by atoms with Gasteiger partial charge in [0.15, 0.2) is 5.78 Å². The Bertz CT molecular complexity index is 744. The van der Waals surface area contributed by atoms with E-state index in [0.717, 1.165) is 0 Å². The van der Waals surface area contributed by atoms with E-state index in [-0.39, 0.29) is 22.9 Å². The first-order valence-electron chi connectivity index (χ1n) is 5.42. The van der Waals surface area contributed by atoms with Crippen LogP contribution in [-0.4, -0.2) is 10.4 Å². The fourth-order valence-electron chi connectivity index (χ4n) is 1.64. The van der Waals surface area contributed by atoms with Gasteiger partial charge in [0.25, 0.3) is 5.56 Å². The molecule has 0 saturated heterocycles. The van der Waals surface area contributed by atoms with E-state index in [4.69, 9.17) is 23.2 Å². The number of ketones is 1. The molecule has 0 aliphatic carbocycles. The van der Waals surface area contributed by atoms with E-state index in [1.807, 2.05) is 0 Å². The molecule has 0 spiro atoms. The third kappa shape index (κ3) is 3.52. The number of benzene rings is 1. The van der Waals surface area contributed by atoms with Crippen molar-refractivity contribution in [1.29, 1.82) is 0 Å². The normalized spacial score (nSPS) is 10.6. The average Bonchev–Trinajstić information content (AvgIpc) is 2.35. The molecular weight excluding hydrogens is 433 g/mol. The number of rotatable bonds is 3. The first kappa shape index (κ1) is 15.8. The Hall–Kier alpha value is -0.620. The first-order chi connectivity index (χ1) is 9.38. The van der Waals surface area contributed by atoms with E-state index in [9.17, 15) is 9.59 Å².